The van der Waals surface area contributed by atoms with Crippen molar-refractivity contribution in [1.29, 1.82) is 0 Å². The third kappa shape index (κ3) is 3.19. The first-order valence-electron chi connectivity index (χ1n) is 5.01. The standard InChI is InChI=1S/C12H11ClN2S2/c13-10-5-9(12(14)16)1-2-11(10)15-6-8-3-4-17-7-8/h1-5,7,15H,6H2,(H2,14,16). The number of halogens is 1. The number of thiophene rings is 1. The van der Waals surface area contributed by atoms with Crippen molar-refractivity contribution in [2.24, 2.45) is 5.73 Å². The zero-order chi connectivity index (χ0) is 12.3. The molecule has 1 heterocycles. The number of anilines is 1. The third-order valence-corrected chi connectivity index (χ3v) is 3.60. The summed E-state index contributed by atoms with van der Waals surface area (Å²) in [5, 5.41) is 8.05. The van der Waals surface area contributed by atoms with Gasteiger partial charge >= 0.3 is 0 Å². The number of rotatable bonds is 4. The number of nitrogens with two attached hydrogens (primary N) is 1. The first-order valence-corrected chi connectivity index (χ1v) is 6.74. The Hall–Kier alpha value is -1.10. The average molecular weight is 283 g/mol. The molecule has 2 aromatic rings. The lowest BCUT2D eigenvalue weighted by atomic mass is 10.2. The van der Waals surface area contributed by atoms with E-state index >= 15 is 0 Å². The maximum Gasteiger partial charge on any atom is 0.104 e. The molecule has 0 saturated carbocycles. The Labute approximate surface area is 114 Å². The Balaban J connectivity index is 2.09. The summed E-state index contributed by atoms with van der Waals surface area (Å²) in [5.41, 5.74) is 8.45. The second kappa shape index (κ2) is 5.49. The second-order valence-electron chi connectivity index (χ2n) is 3.54. The predicted octanol–water partition coefficient (Wildman–Crippen LogP) is 3.65. The molecule has 0 bridgehead atoms. The fourth-order valence-electron chi connectivity index (χ4n) is 1.40. The molecule has 3 N–H and O–H groups in total. The Morgan fingerprint density at radius 2 is 2.24 bits per heavy atom. The molecule has 0 aliphatic heterocycles. The molecule has 0 atom stereocenters. The van der Waals surface area contributed by atoms with E-state index < -0.39 is 0 Å². The molecule has 1 aromatic carbocycles. The largest absolute Gasteiger partial charge is 0.389 e. The van der Waals surface area contributed by atoms with Crippen molar-refractivity contribution in [2.45, 2.75) is 6.54 Å². The van der Waals surface area contributed by atoms with Crippen LogP contribution in [-0.4, -0.2) is 4.99 Å². The van der Waals surface area contributed by atoms with Gasteiger partial charge in [-0.3, -0.25) is 0 Å². The second-order valence-corrected chi connectivity index (χ2v) is 5.17. The van der Waals surface area contributed by atoms with Crippen LogP contribution in [0, 0.1) is 0 Å². The Bertz CT molecular complexity index is 523. The maximum atomic E-state index is 6.14. The molecule has 2 rings (SSSR count). The molecule has 17 heavy (non-hydrogen) atoms. The highest BCUT2D eigenvalue weighted by molar-refractivity contribution is 7.80. The van der Waals surface area contributed by atoms with Crippen LogP contribution in [0.5, 0.6) is 0 Å². The topological polar surface area (TPSA) is 38.0 Å². The minimum Gasteiger partial charge on any atom is -0.389 e. The highest BCUT2D eigenvalue weighted by Gasteiger charge is 2.03. The van der Waals surface area contributed by atoms with E-state index in [0.29, 0.717) is 10.0 Å². The number of hydrogen-bond donors (Lipinski definition) is 2. The van der Waals surface area contributed by atoms with Gasteiger partial charge in [-0.05, 0) is 40.6 Å². The molecule has 0 radical (unpaired) electrons. The molecular formula is C12H11ClN2S2. The molecule has 2 nitrogen and oxygen atoms in total. The van der Waals surface area contributed by atoms with Crippen molar-refractivity contribution in [3.05, 3.63) is 51.2 Å². The van der Waals surface area contributed by atoms with Crippen LogP contribution in [0.4, 0.5) is 5.69 Å². The van der Waals surface area contributed by atoms with Gasteiger partial charge in [0.15, 0.2) is 0 Å². The van der Waals surface area contributed by atoms with Crippen LogP contribution in [0.15, 0.2) is 35.0 Å². The number of nitrogens with one attached hydrogen (secondary N) is 1. The van der Waals surface area contributed by atoms with Crippen molar-refractivity contribution in [3.63, 3.8) is 0 Å². The molecule has 0 spiro atoms. The normalized spacial score (nSPS) is 10.2. The summed E-state index contributed by atoms with van der Waals surface area (Å²) in [6, 6.07) is 7.61. The lowest BCUT2D eigenvalue weighted by Crippen LogP contribution is -2.09. The van der Waals surface area contributed by atoms with Gasteiger partial charge in [-0.2, -0.15) is 11.3 Å². The molecule has 0 amide bonds. The summed E-state index contributed by atoms with van der Waals surface area (Å²) >= 11 is 12.7. The van der Waals surface area contributed by atoms with E-state index in [-0.39, 0.29) is 0 Å². The van der Waals surface area contributed by atoms with Gasteiger partial charge in [0.25, 0.3) is 0 Å². The van der Waals surface area contributed by atoms with Crippen LogP contribution in [0.25, 0.3) is 0 Å². The predicted molar refractivity (Wildman–Crippen MR) is 79.0 cm³/mol. The van der Waals surface area contributed by atoms with Crippen LogP contribution < -0.4 is 11.1 Å². The van der Waals surface area contributed by atoms with E-state index in [2.05, 4.69) is 22.1 Å². The minimum atomic E-state index is 0.358. The lowest BCUT2D eigenvalue weighted by molar-refractivity contribution is 1.16. The van der Waals surface area contributed by atoms with E-state index in [9.17, 15) is 0 Å². The van der Waals surface area contributed by atoms with Crippen LogP contribution in [0.3, 0.4) is 0 Å². The SMILES string of the molecule is NC(=S)c1ccc(NCc2ccsc2)c(Cl)c1. The van der Waals surface area contributed by atoms with Crippen molar-refractivity contribution >= 4 is 45.8 Å². The summed E-state index contributed by atoms with van der Waals surface area (Å²) in [6.45, 7) is 0.760. The van der Waals surface area contributed by atoms with Crippen LogP contribution >= 0.6 is 35.2 Å². The number of benzene rings is 1. The summed E-state index contributed by atoms with van der Waals surface area (Å²) in [4.78, 5) is 0.358. The summed E-state index contributed by atoms with van der Waals surface area (Å²) in [7, 11) is 0. The zero-order valence-corrected chi connectivity index (χ0v) is 11.3. The monoisotopic (exact) mass is 282 g/mol. The maximum absolute atomic E-state index is 6.14. The molecule has 1 aromatic heterocycles. The molecule has 88 valence electrons. The van der Waals surface area contributed by atoms with Gasteiger partial charge < -0.3 is 11.1 Å². The van der Waals surface area contributed by atoms with Crippen molar-refractivity contribution in [2.75, 3.05) is 5.32 Å². The highest BCUT2D eigenvalue weighted by atomic mass is 35.5. The smallest absolute Gasteiger partial charge is 0.104 e. The Morgan fingerprint density at radius 1 is 1.41 bits per heavy atom. The fraction of sp³-hybridized carbons (Fsp3) is 0.0833. The van der Waals surface area contributed by atoms with E-state index in [1.807, 2.05) is 12.1 Å². The molecule has 5 heteroatoms. The molecule has 0 fully saturated rings. The van der Waals surface area contributed by atoms with E-state index in [4.69, 9.17) is 29.6 Å². The third-order valence-electron chi connectivity index (χ3n) is 2.32. The van der Waals surface area contributed by atoms with Crippen molar-refractivity contribution < 1.29 is 0 Å². The van der Waals surface area contributed by atoms with Crippen molar-refractivity contribution in [1.82, 2.24) is 0 Å². The molecule has 0 aliphatic rings. The lowest BCUT2D eigenvalue weighted by Gasteiger charge is -2.08. The van der Waals surface area contributed by atoms with Gasteiger partial charge in [0, 0.05) is 12.1 Å². The first kappa shape index (κ1) is 12.4. The molecule has 0 aliphatic carbocycles. The Morgan fingerprint density at radius 3 is 2.82 bits per heavy atom. The quantitative estimate of drug-likeness (QED) is 0.841. The summed E-state index contributed by atoms with van der Waals surface area (Å²) in [6.07, 6.45) is 0. The molecular weight excluding hydrogens is 272 g/mol. The fourth-order valence-corrected chi connectivity index (χ4v) is 2.45. The molecule has 0 saturated heterocycles. The first-order chi connectivity index (χ1) is 8.16. The highest BCUT2D eigenvalue weighted by Crippen LogP contribution is 2.23. The van der Waals surface area contributed by atoms with Gasteiger partial charge in [0.1, 0.15) is 4.99 Å². The van der Waals surface area contributed by atoms with Crippen LogP contribution in [-0.2, 0) is 6.54 Å². The van der Waals surface area contributed by atoms with Gasteiger partial charge in [-0.1, -0.05) is 23.8 Å². The van der Waals surface area contributed by atoms with E-state index in [1.165, 1.54) is 5.56 Å². The summed E-state index contributed by atoms with van der Waals surface area (Å²) in [5.74, 6) is 0. The molecule has 0 unspecified atom stereocenters. The number of thiocarbonyl (C=S) groups is 1. The van der Waals surface area contributed by atoms with E-state index in [0.717, 1.165) is 17.8 Å². The van der Waals surface area contributed by atoms with Crippen molar-refractivity contribution in [3.8, 4) is 0 Å². The summed E-state index contributed by atoms with van der Waals surface area (Å²) < 4.78 is 0. The Kier molecular flexibility index (Phi) is 3.99. The number of hydrogen-bond acceptors (Lipinski definition) is 3. The van der Waals surface area contributed by atoms with Gasteiger partial charge in [-0.25, -0.2) is 0 Å². The van der Waals surface area contributed by atoms with Crippen LogP contribution in [0.2, 0.25) is 5.02 Å². The zero-order valence-electron chi connectivity index (χ0n) is 8.94. The van der Waals surface area contributed by atoms with Gasteiger partial charge in [0.05, 0.1) is 10.7 Å². The average Bonchev–Trinajstić information content (AvgIpc) is 2.80. The minimum absolute atomic E-state index is 0.358. The van der Waals surface area contributed by atoms with Gasteiger partial charge in [0.2, 0.25) is 0 Å². The van der Waals surface area contributed by atoms with E-state index in [1.54, 1.807) is 17.4 Å². The van der Waals surface area contributed by atoms with Crippen LogP contribution in [0.1, 0.15) is 11.1 Å². The van der Waals surface area contributed by atoms with Gasteiger partial charge in [-0.15, -0.1) is 0 Å².